The van der Waals surface area contributed by atoms with Gasteiger partial charge in [0.15, 0.2) is 0 Å². The van der Waals surface area contributed by atoms with Gasteiger partial charge >= 0.3 is 0 Å². The van der Waals surface area contributed by atoms with Crippen LogP contribution in [0.3, 0.4) is 0 Å². The van der Waals surface area contributed by atoms with Crippen molar-refractivity contribution in [1.29, 1.82) is 5.26 Å². The minimum Gasteiger partial charge on any atom is -0.400 e. The van der Waals surface area contributed by atoms with E-state index >= 15 is 0 Å². The highest BCUT2D eigenvalue weighted by molar-refractivity contribution is 6.67. The summed E-state index contributed by atoms with van der Waals surface area (Å²) < 4.78 is 13.3. The molecule has 0 amide bonds. The molecular formula is C13H16BFN2O2. The molecule has 0 saturated carbocycles. The Bertz CT molecular complexity index is 468. The van der Waals surface area contributed by atoms with E-state index in [0.29, 0.717) is 11.8 Å². The number of aliphatic hydroxyl groups excluding tert-OH is 1. The minimum atomic E-state index is -0.396. The van der Waals surface area contributed by atoms with Gasteiger partial charge in [-0.15, -0.1) is 0 Å². The Labute approximate surface area is 112 Å². The molecule has 1 aromatic rings. The largest absolute Gasteiger partial charge is 0.400 e. The highest BCUT2D eigenvalue weighted by Crippen LogP contribution is 2.22. The van der Waals surface area contributed by atoms with Gasteiger partial charge in [0.1, 0.15) is 12.1 Å². The molecule has 0 unspecified atom stereocenters. The summed E-state index contributed by atoms with van der Waals surface area (Å²) in [6.45, 7) is 1.57. The van der Waals surface area contributed by atoms with Gasteiger partial charge in [-0.2, -0.15) is 0 Å². The average molecular weight is 262 g/mol. The lowest BCUT2D eigenvalue weighted by Gasteiger charge is -2.30. The third-order valence-electron chi connectivity index (χ3n) is 3.08. The summed E-state index contributed by atoms with van der Waals surface area (Å²) in [6, 6.07) is 4.33. The van der Waals surface area contributed by atoms with Gasteiger partial charge in [0.2, 0.25) is 0 Å². The molecule has 6 heteroatoms. The van der Waals surface area contributed by atoms with E-state index in [1.54, 1.807) is 6.07 Å². The van der Waals surface area contributed by atoms with Crippen LogP contribution in [0.4, 0.5) is 10.1 Å². The molecule has 0 bridgehead atoms. The third-order valence-corrected chi connectivity index (χ3v) is 3.08. The van der Waals surface area contributed by atoms with Gasteiger partial charge in [0, 0.05) is 37.4 Å². The molecule has 0 spiro atoms. The van der Waals surface area contributed by atoms with Crippen LogP contribution < -0.4 is 4.90 Å². The number of rotatable bonds is 2. The lowest BCUT2D eigenvalue weighted by Crippen LogP contribution is -2.36. The van der Waals surface area contributed by atoms with Crippen molar-refractivity contribution >= 4 is 18.7 Å². The summed E-state index contributed by atoms with van der Waals surface area (Å²) in [6.07, 6.45) is 2.24. The van der Waals surface area contributed by atoms with E-state index in [9.17, 15) is 9.18 Å². The summed E-state index contributed by atoms with van der Waals surface area (Å²) in [5.74, 6) is 1.86. The lowest BCUT2D eigenvalue weighted by molar-refractivity contribution is 0.112. The maximum Gasteiger partial charge on any atom is 0.271 e. The molecule has 1 aliphatic heterocycles. The second-order valence-corrected chi connectivity index (χ2v) is 4.25. The first-order chi connectivity index (χ1) is 9.22. The predicted octanol–water partition coefficient (Wildman–Crippen LogP) is 1.62. The zero-order valence-electron chi connectivity index (χ0n) is 10.8. The average Bonchev–Trinajstić information content (AvgIpc) is 2.48. The van der Waals surface area contributed by atoms with Crippen molar-refractivity contribution in [3.63, 3.8) is 0 Å². The van der Waals surface area contributed by atoms with Crippen molar-refractivity contribution < 1.29 is 14.3 Å². The van der Waals surface area contributed by atoms with Crippen molar-refractivity contribution in [3.8, 4) is 5.97 Å². The number of aliphatic hydroxyl groups is 1. The topological polar surface area (TPSA) is 64.3 Å². The van der Waals surface area contributed by atoms with Gasteiger partial charge in [-0.1, -0.05) is 0 Å². The van der Waals surface area contributed by atoms with E-state index in [2.05, 4.69) is 5.97 Å². The first-order valence-electron chi connectivity index (χ1n) is 6.08. The quantitative estimate of drug-likeness (QED) is 0.649. The number of nitrogens with zero attached hydrogens (tertiary/aromatic N) is 2. The number of carbonyl (C=O) groups is 1. The maximum absolute atomic E-state index is 13.3. The lowest BCUT2D eigenvalue weighted by atomic mass is 9.45. The number of benzene rings is 1. The van der Waals surface area contributed by atoms with E-state index in [-0.39, 0.29) is 6.71 Å². The number of hydrogen-bond donors (Lipinski definition) is 1. The number of anilines is 1. The summed E-state index contributed by atoms with van der Waals surface area (Å²) in [4.78, 5) is 12.7. The monoisotopic (exact) mass is 262 g/mol. The van der Waals surface area contributed by atoms with Crippen molar-refractivity contribution in [2.75, 3.05) is 25.1 Å². The number of hydrogen-bond acceptors (Lipinski definition) is 4. The summed E-state index contributed by atoms with van der Waals surface area (Å²) in [5, 5.41) is 15.8. The van der Waals surface area contributed by atoms with Crippen molar-refractivity contribution in [3.05, 3.63) is 29.6 Å². The zero-order chi connectivity index (χ0) is 14.3. The van der Waals surface area contributed by atoms with Crippen molar-refractivity contribution in [1.82, 2.24) is 0 Å². The molecule has 4 nitrogen and oxygen atoms in total. The fourth-order valence-corrected chi connectivity index (χ4v) is 2.11. The molecule has 0 radical (unpaired) electrons. The molecule has 1 N–H and O–H groups in total. The second-order valence-electron chi connectivity index (χ2n) is 4.25. The smallest absolute Gasteiger partial charge is 0.271 e. The van der Waals surface area contributed by atoms with Crippen LogP contribution in [0.1, 0.15) is 10.4 Å². The van der Waals surface area contributed by atoms with Crippen LogP contribution in [0.2, 0.25) is 12.6 Å². The van der Waals surface area contributed by atoms with Crippen molar-refractivity contribution in [2.24, 2.45) is 0 Å². The Morgan fingerprint density at radius 3 is 2.53 bits per heavy atom. The Kier molecular flexibility index (Phi) is 6.03. The first kappa shape index (κ1) is 15.2. The normalized spacial score (nSPS) is 14.2. The SMILES string of the molecule is CO.N#CB1CCN(c2cc(F)cc(C=O)c2)CC1. The van der Waals surface area contributed by atoms with Crippen molar-refractivity contribution in [2.45, 2.75) is 12.6 Å². The fraction of sp³-hybridized carbons (Fsp3) is 0.385. The molecule has 1 saturated heterocycles. The van der Waals surface area contributed by atoms with Crippen LogP contribution in [0.25, 0.3) is 0 Å². The molecule has 2 rings (SSSR count). The Morgan fingerprint density at radius 2 is 2.00 bits per heavy atom. The highest BCUT2D eigenvalue weighted by atomic mass is 19.1. The predicted molar refractivity (Wildman–Crippen MR) is 73.1 cm³/mol. The standard InChI is InChI=1S/C12H12BFN2O.CH4O/c14-11-5-10(8-17)6-12(7-11)16-3-1-13(9-15)2-4-16;1-2/h5-8H,1-4H2;2H,1H3. The first-order valence-corrected chi connectivity index (χ1v) is 6.08. The Hall–Kier alpha value is -1.87. The molecule has 0 aromatic heterocycles. The van der Waals surface area contributed by atoms with Crippen LogP contribution in [0.5, 0.6) is 0 Å². The van der Waals surface area contributed by atoms with Gasteiger partial charge in [0.05, 0.1) is 0 Å². The molecule has 1 fully saturated rings. The molecule has 1 aromatic carbocycles. The van der Waals surface area contributed by atoms with Crippen LogP contribution in [0.15, 0.2) is 18.2 Å². The molecular weight excluding hydrogens is 246 g/mol. The Morgan fingerprint density at radius 1 is 1.37 bits per heavy atom. The van der Waals surface area contributed by atoms with Gasteiger partial charge in [0.25, 0.3) is 6.71 Å². The van der Waals surface area contributed by atoms with Crippen LogP contribution in [0, 0.1) is 17.0 Å². The summed E-state index contributed by atoms with van der Waals surface area (Å²) in [7, 11) is 1.00. The maximum atomic E-state index is 13.3. The molecule has 19 heavy (non-hydrogen) atoms. The van der Waals surface area contributed by atoms with Crippen LogP contribution in [-0.4, -0.2) is 38.3 Å². The van der Waals surface area contributed by atoms with Crippen LogP contribution >= 0.6 is 0 Å². The van der Waals surface area contributed by atoms with E-state index in [4.69, 9.17) is 10.4 Å². The number of aldehydes is 1. The minimum absolute atomic E-state index is 0.102. The molecule has 1 heterocycles. The second kappa shape index (κ2) is 7.54. The molecule has 100 valence electrons. The van der Waals surface area contributed by atoms with Gasteiger partial charge < -0.3 is 10.0 Å². The Balaban J connectivity index is 0.000000861. The fourth-order valence-electron chi connectivity index (χ4n) is 2.11. The van der Waals surface area contributed by atoms with E-state index in [1.807, 2.05) is 4.90 Å². The van der Waals surface area contributed by atoms with Gasteiger partial charge in [-0.25, -0.2) is 9.65 Å². The van der Waals surface area contributed by atoms with E-state index in [1.165, 1.54) is 12.1 Å². The van der Waals surface area contributed by atoms with Gasteiger partial charge in [-0.05, 0) is 30.8 Å². The van der Waals surface area contributed by atoms with Crippen LogP contribution in [-0.2, 0) is 0 Å². The summed E-state index contributed by atoms with van der Waals surface area (Å²) in [5.41, 5.74) is 1.07. The molecule has 1 aliphatic rings. The number of carbonyl (C=O) groups excluding carboxylic acids is 1. The number of halogens is 1. The zero-order valence-corrected chi connectivity index (χ0v) is 10.8. The molecule has 0 aliphatic carbocycles. The van der Waals surface area contributed by atoms with Gasteiger partial charge in [-0.3, -0.25) is 4.79 Å². The number of nitriles is 1. The van der Waals surface area contributed by atoms with E-state index in [0.717, 1.165) is 38.5 Å². The van der Waals surface area contributed by atoms with E-state index < -0.39 is 5.82 Å². The summed E-state index contributed by atoms with van der Waals surface area (Å²) >= 11 is 0. The third kappa shape index (κ3) is 4.07. The molecule has 0 atom stereocenters. The highest BCUT2D eigenvalue weighted by Gasteiger charge is 2.22.